The first-order valence-corrected chi connectivity index (χ1v) is 12.0. The molecular formula is C28H35N3O4. The molecule has 186 valence electrons. The number of benzene rings is 2. The van der Waals surface area contributed by atoms with E-state index in [0.29, 0.717) is 13.0 Å². The lowest BCUT2D eigenvalue weighted by Gasteiger charge is -2.23. The van der Waals surface area contributed by atoms with Crippen LogP contribution in [0.25, 0.3) is 0 Å². The molecule has 1 aliphatic heterocycles. The predicted molar refractivity (Wildman–Crippen MR) is 137 cm³/mol. The molecule has 2 atom stereocenters. The number of amides is 3. The Bertz CT molecular complexity index is 1060. The summed E-state index contributed by atoms with van der Waals surface area (Å²) in [5.41, 5.74) is 2.57. The number of hydrogen-bond donors (Lipinski definition) is 2. The molecular weight excluding hydrogens is 442 g/mol. The Kier molecular flexibility index (Phi) is 8.68. The monoisotopic (exact) mass is 477 g/mol. The second-order valence-corrected chi connectivity index (χ2v) is 9.73. The average Bonchev–Trinajstić information content (AvgIpc) is 3.24. The maximum Gasteiger partial charge on any atom is 0.408 e. The van der Waals surface area contributed by atoms with Crippen LogP contribution < -0.4 is 15.5 Å². The zero-order valence-electron chi connectivity index (χ0n) is 20.9. The van der Waals surface area contributed by atoms with E-state index in [9.17, 15) is 14.4 Å². The molecule has 0 spiro atoms. The summed E-state index contributed by atoms with van der Waals surface area (Å²) in [5, 5.41) is 5.52. The molecule has 0 fully saturated rings. The van der Waals surface area contributed by atoms with Crippen LogP contribution in [-0.4, -0.2) is 42.1 Å². The van der Waals surface area contributed by atoms with Gasteiger partial charge in [-0.25, -0.2) is 4.79 Å². The Morgan fingerprint density at radius 1 is 1.03 bits per heavy atom. The zero-order valence-corrected chi connectivity index (χ0v) is 20.9. The molecule has 0 aliphatic carbocycles. The smallest absolute Gasteiger partial charge is 0.408 e. The SMILES string of the molecule is C[C@H](NC(=O)OC(C)(C)C)C(=O)N[C@H](/C=C/C(=O)N1CCc2ccccc21)CCc1ccccc1. The van der Waals surface area contributed by atoms with Gasteiger partial charge in [-0.3, -0.25) is 9.59 Å². The van der Waals surface area contributed by atoms with Gasteiger partial charge in [0, 0.05) is 24.4 Å². The van der Waals surface area contributed by atoms with Gasteiger partial charge in [0.05, 0.1) is 0 Å². The number of carbonyl (C=O) groups is 3. The highest BCUT2D eigenvalue weighted by molar-refractivity contribution is 6.03. The maximum absolute atomic E-state index is 12.9. The Morgan fingerprint density at radius 2 is 1.71 bits per heavy atom. The van der Waals surface area contributed by atoms with E-state index in [2.05, 4.69) is 10.6 Å². The number of aryl methyl sites for hydroxylation is 1. The molecule has 0 saturated heterocycles. The summed E-state index contributed by atoms with van der Waals surface area (Å²) in [6.45, 7) is 7.52. The van der Waals surface area contributed by atoms with Crippen molar-refractivity contribution in [1.82, 2.24) is 10.6 Å². The Hall–Kier alpha value is -3.61. The summed E-state index contributed by atoms with van der Waals surface area (Å²) in [5.74, 6) is -0.466. The topological polar surface area (TPSA) is 87.7 Å². The molecule has 0 radical (unpaired) electrons. The summed E-state index contributed by atoms with van der Waals surface area (Å²) in [6.07, 6.45) is 4.78. The van der Waals surface area contributed by atoms with Crippen LogP contribution >= 0.6 is 0 Å². The molecule has 2 aromatic carbocycles. The number of nitrogens with zero attached hydrogens (tertiary/aromatic N) is 1. The van der Waals surface area contributed by atoms with Crippen LogP contribution in [0.15, 0.2) is 66.7 Å². The highest BCUT2D eigenvalue weighted by Gasteiger charge is 2.24. The van der Waals surface area contributed by atoms with Crippen molar-refractivity contribution in [2.75, 3.05) is 11.4 Å². The summed E-state index contributed by atoms with van der Waals surface area (Å²) >= 11 is 0. The molecule has 7 nitrogen and oxygen atoms in total. The van der Waals surface area contributed by atoms with E-state index in [-0.39, 0.29) is 17.9 Å². The van der Waals surface area contributed by atoms with E-state index < -0.39 is 17.7 Å². The highest BCUT2D eigenvalue weighted by atomic mass is 16.6. The number of fused-ring (bicyclic) bond motifs is 1. The van der Waals surface area contributed by atoms with E-state index >= 15 is 0 Å². The van der Waals surface area contributed by atoms with Crippen LogP contribution in [0.5, 0.6) is 0 Å². The molecule has 1 heterocycles. The van der Waals surface area contributed by atoms with Crippen molar-refractivity contribution in [3.63, 3.8) is 0 Å². The van der Waals surface area contributed by atoms with Crippen molar-refractivity contribution in [3.8, 4) is 0 Å². The van der Waals surface area contributed by atoms with Gasteiger partial charge in [0.1, 0.15) is 11.6 Å². The first-order chi connectivity index (χ1) is 16.6. The van der Waals surface area contributed by atoms with Crippen molar-refractivity contribution in [1.29, 1.82) is 0 Å². The molecule has 0 saturated carbocycles. The van der Waals surface area contributed by atoms with Crippen LogP contribution in [0, 0.1) is 0 Å². The summed E-state index contributed by atoms with van der Waals surface area (Å²) in [6, 6.07) is 16.7. The maximum atomic E-state index is 12.9. The molecule has 3 amide bonds. The number of anilines is 1. The van der Waals surface area contributed by atoms with Crippen molar-refractivity contribution >= 4 is 23.6 Å². The van der Waals surface area contributed by atoms with Gasteiger partial charge in [0.15, 0.2) is 0 Å². The fourth-order valence-corrected chi connectivity index (χ4v) is 3.90. The van der Waals surface area contributed by atoms with Gasteiger partial charge in [-0.2, -0.15) is 0 Å². The van der Waals surface area contributed by atoms with Crippen molar-refractivity contribution < 1.29 is 19.1 Å². The average molecular weight is 478 g/mol. The minimum absolute atomic E-state index is 0.117. The van der Waals surface area contributed by atoms with Gasteiger partial charge in [0.25, 0.3) is 5.91 Å². The number of alkyl carbamates (subject to hydrolysis) is 1. The number of para-hydroxylation sites is 1. The van der Waals surface area contributed by atoms with Crippen molar-refractivity contribution in [3.05, 3.63) is 77.9 Å². The largest absolute Gasteiger partial charge is 0.444 e. The molecule has 0 bridgehead atoms. The van der Waals surface area contributed by atoms with E-state index in [1.54, 1.807) is 38.7 Å². The van der Waals surface area contributed by atoms with Crippen molar-refractivity contribution in [2.24, 2.45) is 0 Å². The zero-order chi connectivity index (χ0) is 25.4. The normalized spacial score (nSPS) is 14.8. The van der Waals surface area contributed by atoms with E-state index in [4.69, 9.17) is 4.74 Å². The number of nitrogens with one attached hydrogen (secondary N) is 2. The van der Waals surface area contributed by atoms with Gasteiger partial charge >= 0.3 is 6.09 Å². The molecule has 7 heteroatoms. The standard InChI is InChI=1S/C28H35N3O4/c1-20(29-27(34)35-28(2,3)4)26(33)30-23(15-14-21-10-6-5-7-11-21)16-17-25(32)31-19-18-22-12-8-9-13-24(22)31/h5-13,16-17,20,23H,14-15,18-19H2,1-4H3,(H,29,34)(H,30,33)/b17-16+/t20-,23-/m0/s1. The van der Waals surface area contributed by atoms with Crippen molar-refractivity contribution in [2.45, 2.75) is 64.6 Å². The highest BCUT2D eigenvalue weighted by Crippen LogP contribution is 2.27. The minimum atomic E-state index is -0.793. The molecule has 2 aromatic rings. The van der Waals surface area contributed by atoms with E-state index in [1.165, 1.54) is 6.08 Å². The first-order valence-electron chi connectivity index (χ1n) is 12.0. The molecule has 0 aromatic heterocycles. The van der Waals surface area contributed by atoms with Gasteiger partial charge < -0.3 is 20.3 Å². The molecule has 2 N–H and O–H groups in total. The Morgan fingerprint density at radius 3 is 2.43 bits per heavy atom. The van der Waals surface area contributed by atoms with Gasteiger partial charge in [-0.05, 0) is 64.2 Å². The Balaban J connectivity index is 1.66. The van der Waals surface area contributed by atoms with Gasteiger partial charge in [-0.15, -0.1) is 0 Å². The predicted octanol–water partition coefficient (Wildman–Crippen LogP) is 4.16. The second kappa shape index (κ2) is 11.7. The van der Waals surface area contributed by atoms with Crippen LogP contribution in [0.2, 0.25) is 0 Å². The van der Waals surface area contributed by atoms with Crippen LogP contribution in [-0.2, 0) is 27.2 Å². The Labute approximate surface area is 207 Å². The number of ether oxygens (including phenoxy) is 1. The molecule has 35 heavy (non-hydrogen) atoms. The van der Waals surface area contributed by atoms with Gasteiger partial charge in [-0.1, -0.05) is 54.6 Å². The van der Waals surface area contributed by atoms with Crippen LogP contribution in [0.4, 0.5) is 10.5 Å². The fraction of sp³-hybridized carbons (Fsp3) is 0.393. The van der Waals surface area contributed by atoms with Crippen LogP contribution in [0.1, 0.15) is 45.2 Å². The lowest BCUT2D eigenvalue weighted by Crippen LogP contribution is -2.49. The summed E-state index contributed by atoms with van der Waals surface area (Å²) in [7, 11) is 0. The second-order valence-electron chi connectivity index (χ2n) is 9.73. The molecule has 3 rings (SSSR count). The fourth-order valence-electron chi connectivity index (χ4n) is 3.90. The van der Waals surface area contributed by atoms with Crippen LogP contribution in [0.3, 0.4) is 0 Å². The number of rotatable bonds is 8. The third-order valence-corrected chi connectivity index (χ3v) is 5.67. The third-order valence-electron chi connectivity index (χ3n) is 5.67. The lowest BCUT2D eigenvalue weighted by molar-refractivity contribution is -0.123. The first kappa shape index (κ1) is 26.0. The van der Waals surface area contributed by atoms with Gasteiger partial charge in [0.2, 0.25) is 5.91 Å². The van der Waals surface area contributed by atoms with E-state index in [0.717, 1.165) is 29.7 Å². The van der Waals surface area contributed by atoms with E-state index in [1.807, 2.05) is 54.6 Å². The minimum Gasteiger partial charge on any atom is -0.444 e. The third kappa shape index (κ3) is 7.98. The summed E-state index contributed by atoms with van der Waals surface area (Å²) in [4.78, 5) is 39.6. The quantitative estimate of drug-likeness (QED) is 0.559. The summed E-state index contributed by atoms with van der Waals surface area (Å²) < 4.78 is 5.24. The number of hydrogen-bond acceptors (Lipinski definition) is 4. The molecule has 0 unspecified atom stereocenters. The molecule has 1 aliphatic rings. The number of carbonyl (C=O) groups excluding carboxylic acids is 3. The lowest BCUT2D eigenvalue weighted by atomic mass is 10.0.